The van der Waals surface area contributed by atoms with Gasteiger partial charge in [0.2, 0.25) is 0 Å². The third-order valence-corrected chi connectivity index (χ3v) is 3.28. The van der Waals surface area contributed by atoms with E-state index >= 15 is 0 Å². The maximum Gasteiger partial charge on any atom is 0.0880 e. The molecule has 18 heavy (non-hydrogen) atoms. The summed E-state index contributed by atoms with van der Waals surface area (Å²) in [5.74, 6) is 0. The summed E-state index contributed by atoms with van der Waals surface area (Å²) in [6, 6.07) is 2.71. The maximum atomic E-state index is 5.78. The van der Waals surface area contributed by atoms with Crippen LogP contribution >= 0.6 is 0 Å². The van der Waals surface area contributed by atoms with E-state index in [2.05, 4.69) is 54.1 Å². The molecule has 2 rings (SSSR count). The van der Waals surface area contributed by atoms with Crippen LogP contribution in [0.25, 0.3) is 0 Å². The van der Waals surface area contributed by atoms with Gasteiger partial charge in [-0.2, -0.15) is 0 Å². The molecule has 102 valence electrons. The van der Waals surface area contributed by atoms with Crippen LogP contribution in [0.4, 0.5) is 0 Å². The van der Waals surface area contributed by atoms with E-state index in [1.54, 1.807) is 0 Å². The van der Waals surface area contributed by atoms with E-state index in [4.69, 9.17) is 4.74 Å². The number of likely N-dealkylation sites (N-methyl/N-ethyl adjacent to an activating group) is 1. The zero-order valence-corrected chi connectivity index (χ0v) is 11.7. The zero-order chi connectivity index (χ0) is 13.0. The first-order chi connectivity index (χ1) is 8.63. The summed E-state index contributed by atoms with van der Waals surface area (Å²) in [5.41, 5.74) is 1.34. The molecule has 4 heteroatoms. The van der Waals surface area contributed by atoms with E-state index in [1.807, 2.05) is 0 Å². The fourth-order valence-corrected chi connectivity index (χ4v) is 2.24. The fourth-order valence-electron chi connectivity index (χ4n) is 2.24. The molecule has 1 saturated heterocycles. The van der Waals surface area contributed by atoms with Crippen molar-refractivity contribution in [3.63, 3.8) is 0 Å². The second-order valence-electron chi connectivity index (χ2n) is 5.51. The molecular formula is C14H25N3O. The van der Waals surface area contributed by atoms with Gasteiger partial charge in [-0.15, -0.1) is 0 Å². The van der Waals surface area contributed by atoms with Gasteiger partial charge in [0.05, 0.1) is 12.7 Å². The van der Waals surface area contributed by atoms with Gasteiger partial charge in [-0.05, 0) is 18.7 Å². The van der Waals surface area contributed by atoms with Crippen molar-refractivity contribution in [1.82, 2.24) is 14.8 Å². The topological polar surface area (TPSA) is 29.4 Å². The minimum Gasteiger partial charge on any atom is -0.374 e. The Labute approximate surface area is 110 Å². The van der Waals surface area contributed by atoms with Crippen molar-refractivity contribution < 1.29 is 4.74 Å². The molecule has 2 heterocycles. The maximum absolute atomic E-state index is 5.78. The number of aromatic nitrogens is 1. The highest BCUT2D eigenvalue weighted by molar-refractivity contribution is 5.10. The predicted octanol–water partition coefficient (Wildman–Crippen LogP) is 1.32. The molecular weight excluding hydrogens is 226 g/mol. The molecule has 0 bridgehead atoms. The minimum absolute atomic E-state index is 0.321. The summed E-state index contributed by atoms with van der Waals surface area (Å²) in [7, 11) is 2.16. The van der Waals surface area contributed by atoms with Crippen LogP contribution in [0.15, 0.2) is 18.5 Å². The van der Waals surface area contributed by atoms with Crippen LogP contribution in [0, 0.1) is 0 Å². The van der Waals surface area contributed by atoms with Crippen molar-refractivity contribution in [2.24, 2.45) is 0 Å². The highest BCUT2D eigenvalue weighted by Crippen LogP contribution is 2.08. The Bertz CT molecular complexity index is 362. The Morgan fingerprint density at radius 3 is 3.06 bits per heavy atom. The van der Waals surface area contributed by atoms with Crippen LogP contribution in [0.3, 0.4) is 0 Å². The van der Waals surface area contributed by atoms with Gasteiger partial charge in [0.1, 0.15) is 0 Å². The van der Waals surface area contributed by atoms with E-state index in [0.717, 1.165) is 32.8 Å². The molecule has 0 amide bonds. The van der Waals surface area contributed by atoms with Gasteiger partial charge in [0, 0.05) is 44.6 Å². The predicted molar refractivity (Wildman–Crippen MR) is 73.6 cm³/mol. The normalized spacial score (nSPS) is 21.7. The molecule has 0 aromatic carbocycles. The average molecular weight is 251 g/mol. The molecule has 1 unspecified atom stereocenters. The Morgan fingerprint density at radius 1 is 1.50 bits per heavy atom. The summed E-state index contributed by atoms with van der Waals surface area (Å²) in [6.07, 6.45) is 4.69. The number of hydrogen-bond acceptors (Lipinski definition) is 3. The molecule has 0 spiro atoms. The van der Waals surface area contributed by atoms with Crippen LogP contribution in [0.2, 0.25) is 0 Å². The van der Waals surface area contributed by atoms with Gasteiger partial charge in [0.25, 0.3) is 0 Å². The number of nitrogens with one attached hydrogen (secondary N) is 1. The molecule has 1 aromatic rings. The van der Waals surface area contributed by atoms with E-state index in [9.17, 15) is 0 Å². The molecule has 4 nitrogen and oxygen atoms in total. The number of nitrogens with zero attached hydrogens (tertiary/aromatic N) is 2. The molecule has 1 N–H and O–H groups in total. The number of hydrogen-bond donors (Lipinski definition) is 1. The summed E-state index contributed by atoms with van der Waals surface area (Å²) in [5, 5.41) is 3.43. The second-order valence-corrected chi connectivity index (χ2v) is 5.51. The molecule has 0 radical (unpaired) electrons. The Kier molecular flexibility index (Phi) is 4.80. The standard InChI is InChI=1S/C14H25N3O/c1-12(2)15-8-13-4-5-17(9-13)11-14-10-16(3)6-7-18-14/h4-5,9,12,14-15H,6-8,10-11H2,1-3H3. The fraction of sp³-hybridized carbons (Fsp3) is 0.714. The lowest BCUT2D eigenvalue weighted by Gasteiger charge is -2.30. The lowest BCUT2D eigenvalue weighted by molar-refractivity contribution is -0.0274. The summed E-state index contributed by atoms with van der Waals surface area (Å²) in [4.78, 5) is 2.33. The summed E-state index contributed by atoms with van der Waals surface area (Å²) in [6.45, 7) is 9.15. The lowest BCUT2D eigenvalue weighted by Crippen LogP contribution is -2.41. The molecule has 1 aliphatic rings. The Hall–Kier alpha value is -0.840. The minimum atomic E-state index is 0.321. The van der Waals surface area contributed by atoms with Crippen LogP contribution in [0.5, 0.6) is 0 Å². The van der Waals surface area contributed by atoms with Crippen LogP contribution < -0.4 is 5.32 Å². The van der Waals surface area contributed by atoms with Crippen LogP contribution in [0.1, 0.15) is 19.4 Å². The first kappa shape index (κ1) is 13.6. The van der Waals surface area contributed by atoms with Crippen LogP contribution in [-0.4, -0.2) is 48.4 Å². The van der Waals surface area contributed by atoms with E-state index in [0.29, 0.717) is 12.1 Å². The van der Waals surface area contributed by atoms with E-state index in [1.165, 1.54) is 5.56 Å². The third-order valence-electron chi connectivity index (χ3n) is 3.28. The average Bonchev–Trinajstić information content (AvgIpc) is 2.74. The number of rotatable bonds is 5. The van der Waals surface area contributed by atoms with Gasteiger partial charge in [-0.3, -0.25) is 0 Å². The first-order valence-electron chi connectivity index (χ1n) is 6.81. The number of ether oxygens (including phenoxy) is 1. The van der Waals surface area contributed by atoms with Crippen molar-refractivity contribution in [2.45, 2.75) is 39.1 Å². The summed E-state index contributed by atoms with van der Waals surface area (Å²) >= 11 is 0. The van der Waals surface area contributed by atoms with Crippen LogP contribution in [-0.2, 0) is 17.8 Å². The second kappa shape index (κ2) is 6.36. The molecule has 1 aromatic heterocycles. The van der Waals surface area contributed by atoms with Gasteiger partial charge < -0.3 is 19.5 Å². The van der Waals surface area contributed by atoms with Gasteiger partial charge in [-0.25, -0.2) is 0 Å². The SMILES string of the molecule is CC(C)NCc1ccn(CC2CN(C)CCO2)c1. The molecule has 1 aliphatic heterocycles. The molecule has 0 aliphatic carbocycles. The highest BCUT2D eigenvalue weighted by atomic mass is 16.5. The molecule has 0 saturated carbocycles. The van der Waals surface area contributed by atoms with E-state index < -0.39 is 0 Å². The quantitative estimate of drug-likeness (QED) is 0.856. The smallest absolute Gasteiger partial charge is 0.0880 e. The zero-order valence-electron chi connectivity index (χ0n) is 11.7. The molecule has 1 fully saturated rings. The van der Waals surface area contributed by atoms with Crippen molar-refractivity contribution in [3.05, 3.63) is 24.0 Å². The van der Waals surface area contributed by atoms with Gasteiger partial charge >= 0.3 is 0 Å². The van der Waals surface area contributed by atoms with Crippen molar-refractivity contribution in [3.8, 4) is 0 Å². The number of morpholine rings is 1. The monoisotopic (exact) mass is 251 g/mol. The third kappa shape index (κ3) is 4.12. The lowest BCUT2D eigenvalue weighted by atomic mass is 10.3. The largest absolute Gasteiger partial charge is 0.374 e. The first-order valence-corrected chi connectivity index (χ1v) is 6.81. The Morgan fingerprint density at radius 2 is 2.33 bits per heavy atom. The van der Waals surface area contributed by atoms with Crippen molar-refractivity contribution in [1.29, 1.82) is 0 Å². The Balaban J connectivity index is 1.82. The summed E-state index contributed by atoms with van der Waals surface area (Å²) < 4.78 is 8.02. The molecule has 1 atom stereocenters. The highest BCUT2D eigenvalue weighted by Gasteiger charge is 2.17. The van der Waals surface area contributed by atoms with Gasteiger partial charge in [-0.1, -0.05) is 13.8 Å². The van der Waals surface area contributed by atoms with E-state index in [-0.39, 0.29) is 0 Å². The van der Waals surface area contributed by atoms with Gasteiger partial charge in [0.15, 0.2) is 0 Å². The van der Waals surface area contributed by atoms with Crippen molar-refractivity contribution in [2.75, 3.05) is 26.7 Å². The van der Waals surface area contributed by atoms with Crippen molar-refractivity contribution >= 4 is 0 Å².